The third kappa shape index (κ3) is 1.82. The summed E-state index contributed by atoms with van der Waals surface area (Å²) in [5, 5.41) is 3.08. The van der Waals surface area contributed by atoms with Crippen molar-refractivity contribution in [1.82, 2.24) is 0 Å². The maximum absolute atomic E-state index is 11.6. The lowest BCUT2D eigenvalue weighted by molar-refractivity contribution is -0.149. The van der Waals surface area contributed by atoms with Gasteiger partial charge in [0.25, 0.3) is 5.78 Å². The molecule has 0 aromatic heterocycles. The van der Waals surface area contributed by atoms with Crippen LogP contribution in [0.1, 0.15) is 5.56 Å². The fraction of sp³-hybridized carbons (Fsp3) is 0.167. The number of fused-ring (bicyclic) bond motifs is 1. The second-order valence-electron chi connectivity index (χ2n) is 3.43. The Hall–Kier alpha value is -2.10. The molecule has 82 valence electrons. The Labute approximate surface area is 92.9 Å². The number of carbonyl (C=O) groups excluding carboxylic acids is 2. The number of anilines is 1. The second kappa shape index (κ2) is 4.18. The van der Waals surface area contributed by atoms with Crippen LogP contribution in [0.3, 0.4) is 0 Å². The molecule has 0 saturated heterocycles. The third-order valence-corrected chi connectivity index (χ3v) is 2.42. The predicted octanol–water partition coefficient (Wildman–Crippen LogP) is 1.24. The van der Waals surface area contributed by atoms with Gasteiger partial charge in [-0.15, -0.1) is 0 Å². The first-order valence-electron chi connectivity index (χ1n) is 4.88. The summed E-state index contributed by atoms with van der Waals surface area (Å²) in [4.78, 5) is 22.6. The third-order valence-electron chi connectivity index (χ3n) is 2.42. The number of para-hydroxylation sites is 1. The molecule has 2 rings (SSSR count). The Morgan fingerprint density at radius 2 is 2.06 bits per heavy atom. The number of esters is 1. The highest BCUT2D eigenvalue weighted by atomic mass is 16.5. The molecule has 1 aliphatic heterocycles. The standard InChI is InChI=1S/C12H11NO3/c1-16-12(15)11(14)9-6-8-4-2-3-5-10(8)13-7-9/h2-6,13H,7H2,1H3. The van der Waals surface area contributed by atoms with Gasteiger partial charge in [0.1, 0.15) is 0 Å². The van der Waals surface area contributed by atoms with Gasteiger partial charge in [0.15, 0.2) is 0 Å². The summed E-state index contributed by atoms with van der Waals surface area (Å²) in [6, 6.07) is 7.59. The van der Waals surface area contributed by atoms with E-state index in [4.69, 9.17) is 0 Å². The number of rotatable bonds is 2. The van der Waals surface area contributed by atoms with Crippen LogP contribution >= 0.6 is 0 Å². The summed E-state index contributed by atoms with van der Waals surface area (Å²) in [6.45, 7) is 0.352. The van der Waals surface area contributed by atoms with E-state index in [2.05, 4.69) is 10.1 Å². The van der Waals surface area contributed by atoms with E-state index in [-0.39, 0.29) is 0 Å². The van der Waals surface area contributed by atoms with Crippen molar-refractivity contribution >= 4 is 23.5 Å². The Bertz CT molecular complexity index is 477. The van der Waals surface area contributed by atoms with E-state index in [0.717, 1.165) is 11.3 Å². The molecule has 4 heteroatoms. The largest absolute Gasteiger partial charge is 0.463 e. The van der Waals surface area contributed by atoms with Crippen LogP contribution in [0.15, 0.2) is 29.8 Å². The molecule has 0 atom stereocenters. The van der Waals surface area contributed by atoms with Gasteiger partial charge in [0, 0.05) is 17.8 Å². The number of Topliss-reactive ketones (excluding diaryl/α,β-unsaturated/α-hetero) is 1. The average molecular weight is 217 g/mol. The molecule has 1 aromatic carbocycles. The Balaban J connectivity index is 2.31. The van der Waals surface area contributed by atoms with Gasteiger partial charge < -0.3 is 10.1 Å². The van der Waals surface area contributed by atoms with Crippen molar-refractivity contribution in [3.63, 3.8) is 0 Å². The zero-order chi connectivity index (χ0) is 11.5. The van der Waals surface area contributed by atoms with Crippen molar-refractivity contribution in [3.05, 3.63) is 35.4 Å². The molecule has 1 aromatic rings. The molecule has 1 N–H and O–H groups in total. The van der Waals surface area contributed by atoms with Crippen LogP contribution in [-0.2, 0) is 14.3 Å². The number of carbonyl (C=O) groups is 2. The molecule has 1 heterocycles. The first-order chi connectivity index (χ1) is 7.72. The minimum Gasteiger partial charge on any atom is -0.463 e. The fourth-order valence-corrected chi connectivity index (χ4v) is 1.58. The minimum absolute atomic E-state index is 0.352. The van der Waals surface area contributed by atoms with Crippen molar-refractivity contribution in [1.29, 1.82) is 0 Å². The van der Waals surface area contributed by atoms with Gasteiger partial charge in [-0.2, -0.15) is 0 Å². The Morgan fingerprint density at radius 3 is 2.81 bits per heavy atom. The van der Waals surface area contributed by atoms with E-state index in [1.165, 1.54) is 7.11 Å². The van der Waals surface area contributed by atoms with Crippen LogP contribution in [0.4, 0.5) is 5.69 Å². The quantitative estimate of drug-likeness (QED) is 0.598. The molecule has 0 saturated carbocycles. The molecule has 1 aliphatic rings. The number of hydrogen-bond acceptors (Lipinski definition) is 4. The van der Waals surface area contributed by atoms with Crippen molar-refractivity contribution in [3.8, 4) is 0 Å². The van der Waals surface area contributed by atoms with E-state index in [1.807, 2.05) is 24.3 Å². The van der Waals surface area contributed by atoms with E-state index in [0.29, 0.717) is 12.1 Å². The molecule has 0 spiro atoms. The van der Waals surface area contributed by atoms with Crippen LogP contribution in [0.5, 0.6) is 0 Å². The van der Waals surface area contributed by atoms with Crippen molar-refractivity contribution in [2.75, 3.05) is 19.0 Å². The van der Waals surface area contributed by atoms with Crippen LogP contribution in [0.2, 0.25) is 0 Å². The van der Waals surface area contributed by atoms with Crippen LogP contribution in [0.25, 0.3) is 6.08 Å². The van der Waals surface area contributed by atoms with Gasteiger partial charge in [-0.1, -0.05) is 18.2 Å². The minimum atomic E-state index is -0.826. The highest BCUT2D eigenvalue weighted by molar-refractivity contribution is 6.41. The molecule has 16 heavy (non-hydrogen) atoms. The lowest BCUT2D eigenvalue weighted by Crippen LogP contribution is -2.24. The number of ether oxygens (including phenoxy) is 1. The number of methoxy groups -OCH3 is 1. The number of ketones is 1. The molecule has 0 unspecified atom stereocenters. The lowest BCUT2D eigenvalue weighted by Gasteiger charge is -2.16. The van der Waals surface area contributed by atoms with E-state index in [1.54, 1.807) is 6.08 Å². The van der Waals surface area contributed by atoms with Gasteiger partial charge in [0.05, 0.1) is 7.11 Å². The normalized spacial score (nSPS) is 13.2. The van der Waals surface area contributed by atoms with Gasteiger partial charge in [-0.3, -0.25) is 4.79 Å². The molecule has 0 fully saturated rings. The lowest BCUT2D eigenvalue weighted by atomic mass is 10.0. The van der Waals surface area contributed by atoms with E-state index in [9.17, 15) is 9.59 Å². The molecule has 0 amide bonds. The zero-order valence-electron chi connectivity index (χ0n) is 8.82. The summed E-state index contributed by atoms with van der Waals surface area (Å²) in [7, 11) is 1.20. The fourth-order valence-electron chi connectivity index (χ4n) is 1.58. The van der Waals surface area contributed by atoms with E-state index < -0.39 is 11.8 Å². The van der Waals surface area contributed by atoms with E-state index >= 15 is 0 Å². The van der Waals surface area contributed by atoms with Crippen molar-refractivity contribution in [2.45, 2.75) is 0 Å². The van der Waals surface area contributed by atoms with Crippen molar-refractivity contribution in [2.24, 2.45) is 0 Å². The summed E-state index contributed by atoms with van der Waals surface area (Å²) in [5.74, 6) is -1.42. The van der Waals surface area contributed by atoms with Gasteiger partial charge in [-0.05, 0) is 17.7 Å². The van der Waals surface area contributed by atoms with Gasteiger partial charge >= 0.3 is 5.97 Å². The highest BCUT2D eigenvalue weighted by Gasteiger charge is 2.21. The van der Waals surface area contributed by atoms with Crippen LogP contribution in [-0.4, -0.2) is 25.4 Å². The van der Waals surface area contributed by atoms with Crippen LogP contribution in [0, 0.1) is 0 Å². The second-order valence-corrected chi connectivity index (χ2v) is 3.43. The number of hydrogen-bond donors (Lipinski definition) is 1. The summed E-state index contributed by atoms with van der Waals surface area (Å²) >= 11 is 0. The maximum atomic E-state index is 11.6. The van der Waals surface area contributed by atoms with Gasteiger partial charge in [0.2, 0.25) is 0 Å². The molecular weight excluding hydrogens is 206 g/mol. The number of nitrogens with one attached hydrogen (secondary N) is 1. The SMILES string of the molecule is COC(=O)C(=O)C1=Cc2ccccc2NC1. The Kier molecular flexibility index (Phi) is 2.72. The molecular formula is C12H11NO3. The summed E-state index contributed by atoms with van der Waals surface area (Å²) in [5.41, 5.74) is 2.29. The van der Waals surface area contributed by atoms with Crippen LogP contribution < -0.4 is 5.32 Å². The average Bonchev–Trinajstić information content (AvgIpc) is 2.36. The highest BCUT2D eigenvalue weighted by Crippen LogP contribution is 2.23. The molecule has 0 aliphatic carbocycles. The van der Waals surface area contributed by atoms with Crippen molar-refractivity contribution < 1.29 is 14.3 Å². The zero-order valence-corrected chi connectivity index (χ0v) is 8.82. The van der Waals surface area contributed by atoms with Gasteiger partial charge in [-0.25, -0.2) is 4.79 Å². The summed E-state index contributed by atoms with van der Waals surface area (Å²) < 4.78 is 4.40. The monoisotopic (exact) mass is 217 g/mol. The molecule has 4 nitrogen and oxygen atoms in total. The molecule has 0 radical (unpaired) electrons. The first-order valence-corrected chi connectivity index (χ1v) is 4.88. The predicted molar refractivity (Wildman–Crippen MR) is 59.9 cm³/mol. The topological polar surface area (TPSA) is 55.4 Å². The smallest absolute Gasteiger partial charge is 0.379 e. The summed E-state index contributed by atoms with van der Waals surface area (Å²) in [6.07, 6.45) is 1.71. The first kappa shape index (κ1) is 10.4. The Morgan fingerprint density at radius 1 is 1.31 bits per heavy atom. The maximum Gasteiger partial charge on any atom is 0.379 e. The number of benzene rings is 1. The molecule has 0 bridgehead atoms.